The summed E-state index contributed by atoms with van der Waals surface area (Å²) in [6.45, 7) is 11.5. The maximum atomic E-state index is 3.68. The van der Waals surface area contributed by atoms with Crippen LogP contribution in [0.1, 0.15) is 44.7 Å². The van der Waals surface area contributed by atoms with Crippen LogP contribution in [0.15, 0.2) is 24.3 Å². The maximum absolute atomic E-state index is 3.68. The molecule has 1 heteroatoms. The number of hydrogen-bond acceptors (Lipinski definition) is 1. The largest absolute Gasteiger partial charge is 0.316 e. The lowest BCUT2D eigenvalue weighted by atomic mass is 9.56. The molecule has 0 spiro atoms. The highest BCUT2D eigenvalue weighted by molar-refractivity contribution is 5.36. The Morgan fingerprint density at radius 1 is 1.33 bits per heavy atom. The topological polar surface area (TPSA) is 12.0 Å². The summed E-state index contributed by atoms with van der Waals surface area (Å²) in [6.07, 6.45) is 2.71. The summed E-state index contributed by atoms with van der Waals surface area (Å²) in [7, 11) is 0. The van der Waals surface area contributed by atoms with Gasteiger partial charge in [0.2, 0.25) is 0 Å². The van der Waals surface area contributed by atoms with Crippen LogP contribution in [-0.2, 0) is 5.41 Å². The third kappa shape index (κ3) is 2.47. The first kappa shape index (κ1) is 13.6. The van der Waals surface area contributed by atoms with E-state index in [-0.39, 0.29) is 0 Å². The zero-order valence-electron chi connectivity index (χ0n) is 12.3. The Balaban J connectivity index is 2.15. The van der Waals surface area contributed by atoms with E-state index in [9.17, 15) is 0 Å². The molecule has 18 heavy (non-hydrogen) atoms. The Kier molecular flexibility index (Phi) is 4.11. The van der Waals surface area contributed by atoms with Crippen LogP contribution < -0.4 is 5.32 Å². The molecule has 0 amide bonds. The smallest absolute Gasteiger partial charge is 0.0106 e. The molecule has 0 radical (unpaired) electrons. The van der Waals surface area contributed by atoms with Crippen LogP contribution in [0.25, 0.3) is 0 Å². The highest BCUT2D eigenvalue weighted by atomic mass is 14.9. The van der Waals surface area contributed by atoms with Crippen molar-refractivity contribution >= 4 is 0 Å². The summed E-state index contributed by atoms with van der Waals surface area (Å²) >= 11 is 0. The predicted molar refractivity (Wildman–Crippen MR) is 79.0 cm³/mol. The van der Waals surface area contributed by atoms with Gasteiger partial charge in [-0.1, -0.05) is 45.0 Å². The number of nitrogens with one attached hydrogen (secondary N) is 1. The molecule has 1 N–H and O–H groups in total. The molecular weight excluding hydrogens is 218 g/mol. The van der Waals surface area contributed by atoms with Gasteiger partial charge in [0.1, 0.15) is 0 Å². The van der Waals surface area contributed by atoms with E-state index in [1.54, 1.807) is 5.56 Å². The Hall–Kier alpha value is -0.820. The van der Waals surface area contributed by atoms with Gasteiger partial charge in [0.25, 0.3) is 0 Å². The van der Waals surface area contributed by atoms with Gasteiger partial charge >= 0.3 is 0 Å². The van der Waals surface area contributed by atoms with Crippen LogP contribution in [0.4, 0.5) is 0 Å². The molecule has 0 aliphatic heterocycles. The van der Waals surface area contributed by atoms with Crippen molar-refractivity contribution in [1.82, 2.24) is 5.32 Å². The second-order valence-corrected chi connectivity index (χ2v) is 6.44. The van der Waals surface area contributed by atoms with Crippen LogP contribution in [-0.4, -0.2) is 13.1 Å². The minimum Gasteiger partial charge on any atom is -0.316 e. The quantitative estimate of drug-likeness (QED) is 0.829. The molecule has 1 aromatic rings. The van der Waals surface area contributed by atoms with E-state index in [0.29, 0.717) is 5.41 Å². The maximum Gasteiger partial charge on any atom is 0.0106 e. The molecule has 0 aromatic heterocycles. The summed E-state index contributed by atoms with van der Waals surface area (Å²) in [5.74, 6) is 1.53. The van der Waals surface area contributed by atoms with Gasteiger partial charge in [0.05, 0.1) is 0 Å². The molecule has 1 aliphatic rings. The Bertz CT molecular complexity index is 396. The fraction of sp³-hybridized carbons (Fsp3) is 0.647. The fourth-order valence-electron chi connectivity index (χ4n) is 3.25. The second kappa shape index (κ2) is 5.44. The number of aryl methyl sites for hydroxylation is 1. The lowest BCUT2D eigenvalue weighted by Crippen LogP contribution is -2.51. The first-order valence-electron chi connectivity index (χ1n) is 7.33. The van der Waals surface area contributed by atoms with Gasteiger partial charge in [-0.25, -0.2) is 0 Å². The van der Waals surface area contributed by atoms with Crippen LogP contribution in [0.5, 0.6) is 0 Å². The Labute approximate surface area is 112 Å². The monoisotopic (exact) mass is 245 g/mol. The number of hydrogen-bond donors (Lipinski definition) is 1. The molecule has 2 rings (SSSR count). The standard InChI is InChI=1S/C17H27N/c1-13(2)11-18-12-17(10-9-15(17)4)16-8-6-5-7-14(16)3/h5-8,13,15,18H,9-12H2,1-4H3. The Morgan fingerprint density at radius 3 is 2.56 bits per heavy atom. The third-order valence-electron chi connectivity index (χ3n) is 4.64. The second-order valence-electron chi connectivity index (χ2n) is 6.44. The van der Waals surface area contributed by atoms with E-state index in [1.807, 2.05) is 0 Å². The van der Waals surface area contributed by atoms with Crippen LogP contribution >= 0.6 is 0 Å². The molecular formula is C17H27N. The van der Waals surface area contributed by atoms with E-state index >= 15 is 0 Å². The van der Waals surface area contributed by atoms with E-state index < -0.39 is 0 Å². The predicted octanol–water partition coefficient (Wildman–Crippen LogP) is 3.91. The summed E-state index contributed by atoms with van der Waals surface area (Å²) in [5.41, 5.74) is 3.41. The van der Waals surface area contributed by atoms with Crippen LogP contribution in [0, 0.1) is 18.8 Å². The van der Waals surface area contributed by atoms with Gasteiger partial charge in [0.15, 0.2) is 0 Å². The Morgan fingerprint density at radius 2 is 2.06 bits per heavy atom. The lowest BCUT2D eigenvalue weighted by Gasteiger charge is -2.50. The summed E-state index contributed by atoms with van der Waals surface area (Å²) in [6, 6.07) is 8.93. The van der Waals surface area contributed by atoms with E-state index in [0.717, 1.165) is 24.9 Å². The van der Waals surface area contributed by atoms with Crippen molar-refractivity contribution in [3.05, 3.63) is 35.4 Å². The summed E-state index contributed by atoms with van der Waals surface area (Å²) in [4.78, 5) is 0. The average molecular weight is 245 g/mol. The first-order valence-corrected chi connectivity index (χ1v) is 7.33. The van der Waals surface area contributed by atoms with E-state index in [1.165, 1.54) is 18.4 Å². The zero-order valence-corrected chi connectivity index (χ0v) is 12.3. The van der Waals surface area contributed by atoms with Crippen molar-refractivity contribution in [2.24, 2.45) is 11.8 Å². The van der Waals surface area contributed by atoms with Crippen LogP contribution in [0.2, 0.25) is 0 Å². The molecule has 0 heterocycles. The number of benzene rings is 1. The molecule has 1 fully saturated rings. The molecule has 2 atom stereocenters. The van der Waals surface area contributed by atoms with Gasteiger partial charge in [-0.05, 0) is 49.3 Å². The SMILES string of the molecule is Cc1ccccc1C1(CNCC(C)C)CCC1C. The van der Waals surface area contributed by atoms with Crippen molar-refractivity contribution in [1.29, 1.82) is 0 Å². The molecule has 0 saturated heterocycles. The van der Waals surface area contributed by atoms with Gasteiger partial charge in [-0.3, -0.25) is 0 Å². The molecule has 1 nitrogen and oxygen atoms in total. The van der Waals surface area contributed by atoms with Crippen molar-refractivity contribution < 1.29 is 0 Å². The van der Waals surface area contributed by atoms with Gasteiger partial charge in [-0.15, -0.1) is 0 Å². The first-order chi connectivity index (χ1) is 8.56. The molecule has 1 saturated carbocycles. The molecule has 2 unspecified atom stereocenters. The normalized spacial score (nSPS) is 27.3. The average Bonchev–Trinajstić information content (AvgIpc) is 2.33. The molecule has 0 bridgehead atoms. The van der Waals surface area contributed by atoms with Gasteiger partial charge < -0.3 is 5.32 Å². The lowest BCUT2D eigenvalue weighted by molar-refractivity contribution is 0.132. The van der Waals surface area contributed by atoms with Crippen molar-refractivity contribution in [2.75, 3.05) is 13.1 Å². The van der Waals surface area contributed by atoms with Crippen molar-refractivity contribution in [3.63, 3.8) is 0 Å². The van der Waals surface area contributed by atoms with Crippen LogP contribution in [0.3, 0.4) is 0 Å². The zero-order chi connectivity index (χ0) is 13.2. The molecule has 1 aliphatic carbocycles. The summed E-state index contributed by atoms with van der Waals surface area (Å²) < 4.78 is 0. The van der Waals surface area contributed by atoms with Crippen molar-refractivity contribution in [3.8, 4) is 0 Å². The molecule has 1 aromatic carbocycles. The fourth-order valence-corrected chi connectivity index (χ4v) is 3.25. The minimum absolute atomic E-state index is 0.389. The van der Waals surface area contributed by atoms with Gasteiger partial charge in [-0.2, -0.15) is 0 Å². The summed E-state index contributed by atoms with van der Waals surface area (Å²) in [5, 5.41) is 3.68. The third-order valence-corrected chi connectivity index (χ3v) is 4.64. The minimum atomic E-state index is 0.389. The molecule has 100 valence electrons. The number of rotatable bonds is 5. The van der Waals surface area contributed by atoms with E-state index in [4.69, 9.17) is 0 Å². The van der Waals surface area contributed by atoms with E-state index in [2.05, 4.69) is 57.3 Å². The van der Waals surface area contributed by atoms with Crippen molar-refractivity contribution in [2.45, 2.75) is 46.0 Å². The highest BCUT2D eigenvalue weighted by Crippen LogP contribution is 2.49. The van der Waals surface area contributed by atoms with Gasteiger partial charge in [0, 0.05) is 12.0 Å². The highest BCUT2D eigenvalue weighted by Gasteiger charge is 2.45.